The largest absolute Gasteiger partial charge is 0.356 e. The number of aromatic nitrogens is 3. The highest BCUT2D eigenvalue weighted by Crippen LogP contribution is 2.40. The van der Waals surface area contributed by atoms with Crippen LogP contribution in [0.15, 0.2) is 27.5 Å². The Kier molecular flexibility index (Phi) is 4.15. The molecule has 2 aliphatic rings. The molecule has 2 atom stereocenters. The molecule has 0 aliphatic carbocycles. The molecule has 0 saturated carbocycles. The maximum atomic E-state index is 13.8. The van der Waals surface area contributed by atoms with Crippen molar-refractivity contribution in [3.8, 4) is 0 Å². The Balaban J connectivity index is 1.58. The van der Waals surface area contributed by atoms with Gasteiger partial charge in [0.25, 0.3) is 5.56 Å². The van der Waals surface area contributed by atoms with E-state index < -0.39 is 42.2 Å². The van der Waals surface area contributed by atoms with Crippen LogP contribution in [0.5, 0.6) is 0 Å². The molecule has 3 aromatic rings. The van der Waals surface area contributed by atoms with Gasteiger partial charge in [0, 0.05) is 63.2 Å². The van der Waals surface area contributed by atoms with Crippen LogP contribution in [0.25, 0.3) is 11.0 Å². The van der Waals surface area contributed by atoms with Gasteiger partial charge in [-0.2, -0.15) is 0 Å². The Labute approximate surface area is 216 Å². The van der Waals surface area contributed by atoms with E-state index in [1.807, 2.05) is 0 Å². The minimum Gasteiger partial charge on any atom is -0.356 e. The van der Waals surface area contributed by atoms with Crippen molar-refractivity contribution < 1.29 is 18.5 Å². The molecule has 2 aromatic heterocycles. The molecule has 6 nitrogen and oxygen atoms in total. The molecule has 1 saturated heterocycles. The zero-order valence-electron chi connectivity index (χ0n) is 28.1. The highest BCUT2D eigenvalue weighted by Gasteiger charge is 2.38. The lowest BCUT2D eigenvalue weighted by atomic mass is 9.75. The van der Waals surface area contributed by atoms with Crippen LogP contribution in [0.1, 0.15) is 85.6 Å². The maximum absolute atomic E-state index is 13.8. The van der Waals surface area contributed by atoms with Gasteiger partial charge in [0.05, 0.1) is 5.69 Å². The summed E-state index contributed by atoms with van der Waals surface area (Å²) >= 11 is 0. The van der Waals surface area contributed by atoms with Crippen LogP contribution in [0.4, 0.5) is 4.39 Å². The molecule has 2 unspecified atom stereocenters. The molecule has 1 fully saturated rings. The lowest BCUT2D eigenvalue weighted by molar-refractivity contribution is 0.0653. The summed E-state index contributed by atoms with van der Waals surface area (Å²) in [4.78, 5) is 19.4. The summed E-state index contributed by atoms with van der Waals surface area (Å²) in [7, 11) is 0. The van der Waals surface area contributed by atoms with Crippen molar-refractivity contribution in [2.75, 3.05) is 13.0 Å². The Morgan fingerprint density at radius 1 is 1.31 bits per heavy atom. The molecule has 0 bridgehead atoms. The summed E-state index contributed by atoms with van der Waals surface area (Å²) in [5.41, 5.74) is -1.81. The van der Waals surface area contributed by atoms with E-state index in [1.54, 1.807) is 11.5 Å². The fraction of sp³-hybridized carbons (Fsp3) is 0.607. The normalized spacial score (nSPS) is 33.3. The zero-order chi connectivity index (χ0) is 31.4. The summed E-state index contributed by atoms with van der Waals surface area (Å²) in [5, 5.41) is 3.84. The second-order valence-corrected chi connectivity index (χ2v) is 10.9. The lowest BCUT2D eigenvalue weighted by Crippen LogP contribution is -2.50. The third kappa shape index (κ3) is 4.32. The number of likely N-dealkylation sites (tertiary alicyclic amines) is 1. The van der Waals surface area contributed by atoms with Crippen LogP contribution in [-0.4, -0.2) is 38.2 Å². The van der Waals surface area contributed by atoms with Crippen molar-refractivity contribution in [2.45, 2.75) is 85.1 Å². The number of hydrogen-bond acceptors (Lipinski definition) is 5. The van der Waals surface area contributed by atoms with Gasteiger partial charge in [0.1, 0.15) is 11.6 Å². The zero-order valence-corrected chi connectivity index (χ0v) is 21.1. The molecule has 5 rings (SSSR count). The van der Waals surface area contributed by atoms with Crippen LogP contribution in [-0.2, 0) is 19.4 Å². The monoisotopic (exact) mass is 487 g/mol. The standard InChI is InChI=1S/C28H37FN4O2/c1-17-13-24-30-18(2)21(26(34)33(24)16-27(17,3)4)10-12-32-11-9-19(15-28(32,5)6)25-22-8-7-20(29)14-23(22)35-31-25/h7-8,14,17,19H,9-13,15-16H2,1-6H3/i9D2,11D2,15D2,19D. The van der Waals surface area contributed by atoms with E-state index in [9.17, 15) is 13.3 Å². The predicted molar refractivity (Wildman–Crippen MR) is 135 cm³/mol. The number of aryl methyl sites for hydroxylation is 1. The first-order chi connectivity index (χ1) is 19.1. The highest BCUT2D eigenvalue weighted by molar-refractivity contribution is 5.79. The molecular weight excluding hydrogens is 443 g/mol. The fourth-order valence-electron chi connectivity index (χ4n) is 4.91. The molecule has 35 heavy (non-hydrogen) atoms. The molecular formula is C28H37FN4O2. The summed E-state index contributed by atoms with van der Waals surface area (Å²) in [6.07, 6.45) is -5.29. The summed E-state index contributed by atoms with van der Waals surface area (Å²) < 4.78 is 84.4. The van der Waals surface area contributed by atoms with Crippen molar-refractivity contribution in [3.05, 3.63) is 57.1 Å². The van der Waals surface area contributed by atoms with Crippen LogP contribution in [0, 0.1) is 24.1 Å². The first-order valence-corrected chi connectivity index (χ1v) is 12.1. The van der Waals surface area contributed by atoms with E-state index in [-0.39, 0.29) is 34.9 Å². The Morgan fingerprint density at radius 2 is 2.09 bits per heavy atom. The molecule has 0 spiro atoms. The Bertz CT molecular complexity index is 1600. The molecule has 0 radical (unpaired) electrons. The van der Waals surface area contributed by atoms with Crippen molar-refractivity contribution >= 4 is 11.0 Å². The van der Waals surface area contributed by atoms with Gasteiger partial charge < -0.3 is 4.52 Å². The summed E-state index contributed by atoms with van der Waals surface area (Å²) in [6, 6.07) is 3.31. The second kappa shape index (κ2) is 8.54. The molecule has 188 valence electrons. The quantitative estimate of drug-likeness (QED) is 0.503. The van der Waals surface area contributed by atoms with Gasteiger partial charge in [-0.15, -0.1) is 0 Å². The maximum Gasteiger partial charge on any atom is 0.257 e. The molecule has 1 aromatic carbocycles. The lowest BCUT2D eigenvalue weighted by Gasteiger charge is -2.45. The van der Waals surface area contributed by atoms with Crippen molar-refractivity contribution in [3.63, 3.8) is 0 Å². The van der Waals surface area contributed by atoms with Gasteiger partial charge in [0.15, 0.2) is 5.58 Å². The molecule has 4 heterocycles. The van der Waals surface area contributed by atoms with Gasteiger partial charge >= 0.3 is 0 Å². The molecule has 7 heteroatoms. The summed E-state index contributed by atoms with van der Waals surface area (Å²) in [6.45, 7) is 8.26. The number of piperidine rings is 1. The Hall–Kier alpha value is -2.54. The van der Waals surface area contributed by atoms with Gasteiger partial charge in [-0.05, 0) is 69.9 Å². The number of hydrogen-bond donors (Lipinski definition) is 0. The van der Waals surface area contributed by atoms with Gasteiger partial charge in [0.2, 0.25) is 0 Å². The van der Waals surface area contributed by atoms with Crippen LogP contribution in [0.3, 0.4) is 0 Å². The third-order valence-electron chi connectivity index (χ3n) is 7.61. The minimum absolute atomic E-state index is 0.000195. The highest BCUT2D eigenvalue weighted by atomic mass is 19.1. The summed E-state index contributed by atoms with van der Waals surface area (Å²) in [5.74, 6) is -2.53. The number of fused-ring (bicyclic) bond motifs is 2. The van der Waals surface area contributed by atoms with Crippen LogP contribution in [0.2, 0.25) is 0 Å². The second-order valence-electron chi connectivity index (χ2n) is 10.9. The van der Waals surface area contributed by atoms with Crippen LogP contribution < -0.4 is 5.56 Å². The first kappa shape index (κ1) is 17.0. The number of nitrogens with zero attached hydrogens (tertiary/aromatic N) is 4. The van der Waals surface area contributed by atoms with Gasteiger partial charge in [-0.3, -0.25) is 14.3 Å². The van der Waals surface area contributed by atoms with Gasteiger partial charge in [-0.25, -0.2) is 9.37 Å². The van der Waals surface area contributed by atoms with Crippen molar-refractivity contribution in [2.24, 2.45) is 11.3 Å². The molecule has 0 amide bonds. The van der Waals surface area contributed by atoms with Crippen molar-refractivity contribution in [1.82, 2.24) is 19.6 Å². The van der Waals surface area contributed by atoms with Crippen LogP contribution >= 0.6 is 0 Å². The van der Waals surface area contributed by atoms with Crippen molar-refractivity contribution in [1.29, 1.82) is 0 Å². The third-order valence-corrected chi connectivity index (χ3v) is 7.61. The van der Waals surface area contributed by atoms with Gasteiger partial charge in [-0.1, -0.05) is 25.9 Å². The average Bonchev–Trinajstić information content (AvgIpc) is 3.29. The van der Waals surface area contributed by atoms with E-state index in [2.05, 4.69) is 25.9 Å². The number of rotatable bonds is 4. The predicted octanol–water partition coefficient (Wildman–Crippen LogP) is 5.25. The number of benzene rings is 1. The SMILES string of the molecule is [2H]C1([2H])N(CCc2c(C)nc3n(c2=O)CC(C)(C)C(C)C3)C(C)(C)C([2H])([2H])C([2H])(c2noc3cc(F)ccc23)C1([2H])[2H]. The van der Waals surface area contributed by atoms with E-state index in [4.69, 9.17) is 15.0 Å². The van der Waals surface area contributed by atoms with E-state index in [1.165, 1.54) is 19.9 Å². The Morgan fingerprint density at radius 3 is 2.86 bits per heavy atom. The first-order valence-electron chi connectivity index (χ1n) is 15.6. The number of halogens is 1. The molecule has 2 aliphatic heterocycles. The minimum atomic E-state index is -3.18. The van der Waals surface area contributed by atoms with E-state index in [0.717, 1.165) is 17.0 Å². The van der Waals surface area contributed by atoms with E-state index >= 15 is 0 Å². The fourth-order valence-corrected chi connectivity index (χ4v) is 4.91. The topological polar surface area (TPSA) is 64.2 Å². The van der Waals surface area contributed by atoms with E-state index in [0.29, 0.717) is 36.0 Å². The molecule has 0 N–H and O–H groups in total. The average molecular weight is 488 g/mol. The smallest absolute Gasteiger partial charge is 0.257 e.